The van der Waals surface area contributed by atoms with Crippen LogP contribution in [0.1, 0.15) is 17.7 Å². The second-order valence-electron chi connectivity index (χ2n) is 6.72. The van der Waals surface area contributed by atoms with Crippen LogP contribution in [0.4, 0.5) is 10.5 Å². The van der Waals surface area contributed by atoms with Crippen molar-refractivity contribution in [1.29, 1.82) is 5.26 Å². The van der Waals surface area contributed by atoms with Gasteiger partial charge in [0.25, 0.3) is 5.91 Å². The molecule has 3 atom stereocenters. The standard InChI is InChI=1S/C17H17N5O4/c1-9-3-10(6-19-12(9)5-18)22-16(24)15-13-4-11(21(15)17(22)25)7-20(13)14(23)8-26-2/h3,6,11,13,15H,4,7-8H2,1-2H3. The minimum atomic E-state index is -0.669. The SMILES string of the molecule is COCC(=O)N1CC2CC1C1C(=O)N(c3cnc(C#N)c(C)c3)C(=O)N21. The summed E-state index contributed by atoms with van der Waals surface area (Å²) in [6.07, 6.45) is 1.97. The van der Waals surface area contributed by atoms with Gasteiger partial charge in [0.1, 0.15) is 24.4 Å². The Kier molecular flexibility index (Phi) is 3.66. The zero-order chi connectivity index (χ0) is 18.6. The number of aryl methyl sites for hydroxylation is 1. The highest BCUT2D eigenvalue weighted by molar-refractivity contribution is 6.22. The summed E-state index contributed by atoms with van der Waals surface area (Å²) in [5, 5.41) is 9.00. The Hall–Kier alpha value is -2.99. The number of likely N-dealkylation sites (tertiary alicyclic amines) is 1. The normalized spacial score (nSPS) is 26.5. The van der Waals surface area contributed by atoms with Crippen molar-refractivity contribution in [3.8, 4) is 6.07 Å². The van der Waals surface area contributed by atoms with E-state index < -0.39 is 12.1 Å². The van der Waals surface area contributed by atoms with Crippen LogP contribution in [0.5, 0.6) is 0 Å². The number of anilines is 1. The smallest absolute Gasteiger partial charge is 0.332 e. The Morgan fingerprint density at radius 3 is 2.88 bits per heavy atom. The average Bonchev–Trinajstić information content (AvgIpc) is 3.27. The predicted octanol–water partition coefficient (Wildman–Crippen LogP) is 0.0284. The van der Waals surface area contributed by atoms with Gasteiger partial charge in [0.05, 0.1) is 24.0 Å². The van der Waals surface area contributed by atoms with Gasteiger partial charge in [0.15, 0.2) is 0 Å². The topological polar surface area (TPSA) is 107 Å². The van der Waals surface area contributed by atoms with Crippen LogP contribution in [-0.4, -0.2) is 71.0 Å². The number of amides is 4. The third kappa shape index (κ3) is 2.12. The van der Waals surface area contributed by atoms with Crippen molar-refractivity contribution in [2.24, 2.45) is 0 Å². The van der Waals surface area contributed by atoms with Gasteiger partial charge in [0.2, 0.25) is 5.91 Å². The van der Waals surface area contributed by atoms with Crippen molar-refractivity contribution >= 4 is 23.5 Å². The second-order valence-corrected chi connectivity index (χ2v) is 6.72. The number of rotatable bonds is 3. The average molecular weight is 355 g/mol. The molecular formula is C17H17N5O4. The van der Waals surface area contributed by atoms with E-state index in [0.29, 0.717) is 24.2 Å². The monoisotopic (exact) mass is 355 g/mol. The molecule has 1 aromatic heterocycles. The van der Waals surface area contributed by atoms with Crippen LogP contribution in [0.15, 0.2) is 12.3 Å². The van der Waals surface area contributed by atoms with E-state index in [4.69, 9.17) is 10.00 Å². The highest BCUT2D eigenvalue weighted by Gasteiger charge is 2.62. The number of hydrogen-bond acceptors (Lipinski definition) is 6. The molecule has 0 N–H and O–H groups in total. The van der Waals surface area contributed by atoms with Crippen molar-refractivity contribution < 1.29 is 19.1 Å². The summed E-state index contributed by atoms with van der Waals surface area (Å²) in [5.41, 5.74) is 1.20. The summed E-state index contributed by atoms with van der Waals surface area (Å²) >= 11 is 0. The molecule has 134 valence electrons. The lowest BCUT2D eigenvalue weighted by Crippen LogP contribution is -2.55. The minimum Gasteiger partial charge on any atom is -0.375 e. The Morgan fingerprint density at radius 1 is 1.46 bits per heavy atom. The molecule has 4 rings (SSSR count). The van der Waals surface area contributed by atoms with E-state index in [9.17, 15) is 14.4 Å². The van der Waals surface area contributed by atoms with E-state index in [1.54, 1.807) is 22.8 Å². The molecule has 2 bridgehead atoms. The van der Waals surface area contributed by atoms with Gasteiger partial charge < -0.3 is 14.5 Å². The molecule has 26 heavy (non-hydrogen) atoms. The van der Waals surface area contributed by atoms with Crippen LogP contribution >= 0.6 is 0 Å². The predicted molar refractivity (Wildman–Crippen MR) is 88.0 cm³/mol. The third-order valence-electron chi connectivity index (χ3n) is 5.28. The lowest BCUT2D eigenvalue weighted by atomic mass is 10.1. The van der Waals surface area contributed by atoms with Crippen molar-refractivity contribution in [3.63, 3.8) is 0 Å². The summed E-state index contributed by atoms with van der Waals surface area (Å²) in [6.45, 7) is 2.08. The molecule has 3 fully saturated rings. The van der Waals surface area contributed by atoms with Gasteiger partial charge >= 0.3 is 6.03 Å². The molecular weight excluding hydrogens is 338 g/mol. The molecule has 1 aromatic rings. The number of ether oxygens (including phenoxy) is 1. The van der Waals surface area contributed by atoms with E-state index in [2.05, 4.69) is 4.98 Å². The second kappa shape index (κ2) is 5.78. The number of imide groups is 1. The maximum absolute atomic E-state index is 13.0. The molecule has 0 aliphatic carbocycles. The molecule has 0 saturated carbocycles. The number of piperazine rings is 1. The van der Waals surface area contributed by atoms with E-state index in [0.717, 1.165) is 4.90 Å². The highest BCUT2D eigenvalue weighted by atomic mass is 16.5. The van der Waals surface area contributed by atoms with Crippen molar-refractivity contribution in [3.05, 3.63) is 23.5 Å². The highest BCUT2D eigenvalue weighted by Crippen LogP contribution is 2.42. The van der Waals surface area contributed by atoms with E-state index in [1.807, 2.05) is 6.07 Å². The minimum absolute atomic E-state index is 0.0411. The van der Waals surface area contributed by atoms with Crippen LogP contribution in [-0.2, 0) is 14.3 Å². The number of fused-ring (bicyclic) bond motifs is 5. The molecule has 9 nitrogen and oxygen atoms in total. The van der Waals surface area contributed by atoms with E-state index in [-0.39, 0.29) is 36.2 Å². The zero-order valence-electron chi connectivity index (χ0n) is 14.4. The first kappa shape index (κ1) is 16.5. The number of methoxy groups -OCH3 is 1. The number of nitriles is 1. The molecule has 0 radical (unpaired) electrons. The van der Waals surface area contributed by atoms with Gasteiger partial charge in [-0.05, 0) is 25.0 Å². The fourth-order valence-corrected chi connectivity index (χ4v) is 4.19. The van der Waals surface area contributed by atoms with Crippen molar-refractivity contribution in [2.75, 3.05) is 25.2 Å². The summed E-state index contributed by atoms with van der Waals surface area (Å²) in [5.74, 6) is -0.530. The lowest BCUT2D eigenvalue weighted by Gasteiger charge is -2.34. The number of aromatic nitrogens is 1. The van der Waals surface area contributed by atoms with Gasteiger partial charge in [-0.2, -0.15) is 5.26 Å². The van der Waals surface area contributed by atoms with Crippen molar-refractivity contribution in [1.82, 2.24) is 14.8 Å². The van der Waals surface area contributed by atoms with Crippen LogP contribution < -0.4 is 4.90 Å². The first-order valence-electron chi connectivity index (χ1n) is 8.29. The molecule has 3 aliphatic rings. The van der Waals surface area contributed by atoms with Gasteiger partial charge in [-0.1, -0.05) is 0 Å². The molecule has 3 aliphatic heterocycles. The fourth-order valence-electron chi connectivity index (χ4n) is 4.19. The molecule has 4 heterocycles. The Labute approximate surface area is 149 Å². The van der Waals surface area contributed by atoms with Gasteiger partial charge in [-0.15, -0.1) is 0 Å². The molecule has 4 amide bonds. The van der Waals surface area contributed by atoms with Crippen LogP contribution in [0, 0.1) is 18.3 Å². The first-order chi connectivity index (χ1) is 12.5. The molecule has 3 saturated heterocycles. The van der Waals surface area contributed by atoms with Crippen LogP contribution in [0.3, 0.4) is 0 Å². The number of nitrogens with zero attached hydrogens (tertiary/aromatic N) is 5. The summed E-state index contributed by atoms with van der Waals surface area (Å²) in [6, 6.07) is 2.02. The van der Waals surface area contributed by atoms with Crippen LogP contribution in [0.25, 0.3) is 0 Å². The van der Waals surface area contributed by atoms with Crippen LogP contribution in [0.2, 0.25) is 0 Å². The largest absolute Gasteiger partial charge is 0.375 e. The van der Waals surface area contributed by atoms with E-state index >= 15 is 0 Å². The fraction of sp³-hybridized carbons (Fsp3) is 0.471. The first-order valence-corrected chi connectivity index (χ1v) is 8.29. The Balaban J connectivity index is 1.64. The molecule has 0 aromatic carbocycles. The summed E-state index contributed by atoms with van der Waals surface area (Å²) in [7, 11) is 1.45. The third-order valence-corrected chi connectivity index (χ3v) is 5.28. The van der Waals surface area contributed by atoms with Gasteiger partial charge in [-0.25, -0.2) is 14.7 Å². The quantitative estimate of drug-likeness (QED) is 0.708. The van der Waals surface area contributed by atoms with Gasteiger partial charge in [-0.3, -0.25) is 9.59 Å². The zero-order valence-corrected chi connectivity index (χ0v) is 14.4. The summed E-state index contributed by atoms with van der Waals surface area (Å²) < 4.78 is 4.91. The Morgan fingerprint density at radius 2 is 2.23 bits per heavy atom. The number of carbonyl (C=O) groups is 3. The Bertz CT molecular complexity index is 863. The number of hydrogen-bond donors (Lipinski definition) is 0. The van der Waals surface area contributed by atoms with Crippen molar-refractivity contribution in [2.45, 2.75) is 31.5 Å². The number of urea groups is 1. The number of carbonyl (C=O) groups excluding carboxylic acids is 3. The lowest BCUT2D eigenvalue weighted by molar-refractivity contribution is -0.139. The van der Waals surface area contributed by atoms with E-state index in [1.165, 1.54) is 13.3 Å². The number of pyridine rings is 1. The maximum Gasteiger partial charge on any atom is 0.332 e. The van der Waals surface area contributed by atoms with Gasteiger partial charge in [0, 0.05) is 13.7 Å². The molecule has 3 unspecified atom stereocenters. The molecule has 0 spiro atoms. The summed E-state index contributed by atoms with van der Waals surface area (Å²) in [4.78, 5) is 46.4. The molecule has 9 heteroatoms. The maximum atomic E-state index is 13.0.